The van der Waals surface area contributed by atoms with E-state index >= 15 is 0 Å². The summed E-state index contributed by atoms with van der Waals surface area (Å²) in [7, 11) is 0. The van der Waals surface area contributed by atoms with Crippen molar-refractivity contribution in [1.29, 1.82) is 0 Å². The SMILES string of the molecule is Cc1ccc(N(CC(C)C)c2ccc(F)cc2F)cc1.[Ti]. The van der Waals surface area contributed by atoms with Gasteiger partial charge in [-0.15, -0.1) is 0 Å². The minimum Gasteiger partial charge on any atom is -0.339 e. The first kappa shape index (κ1) is 17.9. The molecular weight excluding hydrogens is 304 g/mol. The van der Waals surface area contributed by atoms with Crippen LogP contribution in [0.2, 0.25) is 0 Å². The zero-order valence-corrected chi connectivity index (χ0v) is 14.1. The molecule has 21 heavy (non-hydrogen) atoms. The number of halogens is 2. The molecule has 0 unspecified atom stereocenters. The summed E-state index contributed by atoms with van der Waals surface area (Å²) in [5.41, 5.74) is 2.47. The zero-order valence-electron chi connectivity index (χ0n) is 12.5. The van der Waals surface area contributed by atoms with Gasteiger partial charge < -0.3 is 4.90 Å². The van der Waals surface area contributed by atoms with Gasteiger partial charge >= 0.3 is 0 Å². The van der Waals surface area contributed by atoms with Crippen molar-refractivity contribution in [1.82, 2.24) is 0 Å². The van der Waals surface area contributed by atoms with Crippen LogP contribution in [-0.4, -0.2) is 6.54 Å². The van der Waals surface area contributed by atoms with E-state index in [9.17, 15) is 8.78 Å². The molecule has 0 heterocycles. The third-order valence-corrected chi connectivity index (χ3v) is 3.09. The van der Waals surface area contributed by atoms with Crippen LogP contribution in [-0.2, 0) is 21.7 Å². The Balaban J connectivity index is 0.00000220. The van der Waals surface area contributed by atoms with Gasteiger partial charge in [0.2, 0.25) is 0 Å². The molecule has 0 fully saturated rings. The fourth-order valence-corrected chi connectivity index (χ4v) is 2.13. The van der Waals surface area contributed by atoms with Crippen LogP contribution in [0.15, 0.2) is 42.5 Å². The minimum absolute atomic E-state index is 0. The quantitative estimate of drug-likeness (QED) is 0.711. The molecule has 0 bridgehead atoms. The summed E-state index contributed by atoms with van der Waals surface area (Å²) >= 11 is 0. The molecule has 0 amide bonds. The molecule has 2 rings (SSSR count). The fraction of sp³-hybridized carbons (Fsp3) is 0.294. The van der Waals surface area contributed by atoms with Crippen molar-refractivity contribution >= 4 is 11.4 Å². The molecule has 0 aliphatic carbocycles. The van der Waals surface area contributed by atoms with Crippen LogP contribution in [0.1, 0.15) is 19.4 Å². The molecule has 0 saturated heterocycles. The molecule has 0 aromatic heterocycles. The van der Waals surface area contributed by atoms with Crippen molar-refractivity contribution in [2.45, 2.75) is 20.8 Å². The van der Waals surface area contributed by atoms with Gasteiger partial charge in [0.15, 0.2) is 0 Å². The second-order valence-corrected chi connectivity index (χ2v) is 5.44. The van der Waals surface area contributed by atoms with E-state index in [1.807, 2.05) is 36.1 Å². The Bertz CT molecular complexity index is 582. The maximum Gasteiger partial charge on any atom is 0.149 e. The number of aryl methyl sites for hydroxylation is 1. The number of hydrogen-bond donors (Lipinski definition) is 0. The summed E-state index contributed by atoms with van der Waals surface area (Å²) in [6.45, 7) is 6.83. The molecule has 1 nitrogen and oxygen atoms in total. The van der Waals surface area contributed by atoms with Gasteiger partial charge in [-0.25, -0.2) is 8.78 Å². The smallest absolute Gasteiger partial charge is 0.149 e. The van der Waals surface area contributed by atoms with Gasteiger partial charge in [0, 0.05) is 40.0 Å². The van der Waals surface area contributed by atoms with E-state index in [0.717, 1.165) is 17.3 Å². The van der Waals surface area contributed by atoms with Gasteiger partial charge in [-0.2, -0.15) is 0 Å². The molecule has 0 saturated carbocycles. The zero-order chi connectivity index (χ0) is 14.7. The molecule has 110 valence electrons. The van der Waals surface area contributed by atoms with E-state index in [2.05, 4.69) is 13.8 Å². The maximum absolute atomic E-state index is 14.0. The van der Waals surface area contributed by atoms with E-state index < -0.39 is 11.6 Å². The summed E-state index contributed by atoms with van der Waals surface area (Å²) in [5, 5.41) is 0. The number of rotatable bonds is 4. The normalized spacial score (nSPS) is 10.4. The number of anilines is 2. The van der Waals surface area contributed by atoms with Crippen LogP contribution in [0.3, 0.4) is 0 Å². The van der Waals surface area contributed by atoms with Crippen molar-refractivity contribution in [3.63, 3.8) is 0 Å². The number of hydrogen-bond acceptors (Lipinski definition) is 1. The van der Waals surface area contributed by atoms with Crippen LogP contribution in [0.4, 0.5) is 20.2 Å². The van der Waals surface area contributed by atoms with Gasteiger partial charge in [0.1, 0.15) is 11.6 Å². The second kappa shape index (κ2) is 7.72. The standard InChI is InChI=1S/C17H19F2N.Ti/c1-12(2)11-20(15-7-4-13(3)5-8-15)17-9-6-14(18)10-16(17)19;/h4-10,12H,11H2,1-3H3;. The van der Waals surface area contributed by atoms with Gasteiger partial charge in [-0.1, -0.05) is 31.5 Å². The molecule has 0 spiro atoms. The van der Waals surface area contributed by atoms with E-state index in [1.54, 1.807) is 0 Å². The average molecular weight is 323 g/mol. The van der Waals surface area contributed by atoms with Gasteiger partial charge in [-0.05, 0) is 37.1 Å². The fourth-order valence-electron chi connectivity index (χ4n) is 2.13. The van der Waals surface area contributed by atoms with E-state index in [-0.39, 0.29) is 21.7 Å². The monoisotopic (exact) mass is 323 g/mol. The van der Waals surface area contributed by atoms with Crippen molar-refractivity contribution in [3.05, 3.63) is 59.7 Å². The van der Waals surface area contributed by atoms with E-state index in [1.165, 1.54) is 12.1 Å². The summed E-state index contributed by atoms with van der Waals surface area (Å²) < 4.78 is 27.1. The third kappa shape index (κ3) is 4.65. The number of nitrogens with zero attached hydrogens (tertiary/aromatic N) is 1. The van der Waals surface area contributed by atoms with Gasteiger partial charge in [0.25, 0.3) is 0 Å². The molecule has 0 radical (unpaired) electrons. The topological polar surface area (TPSA) is 3.24 Å². The largest absolute Gasteiger partial charge is 0.339 e. The summed E-state index contributed by atoms with van der Waals surface area (Å²) in [6.07, 6.45) is 0. The molecule has 4 heteroatoms. The number of benzene rings is 2. The van der Waals surface area contributed by atoms with Crippen molar-refractivity contribution in [2.24, 2.45) is 5.92 Å². The van der Waals surface area contributed by atoms with Crippen LogP contribution < -0.4 is 4.90 Å². The van der Waals surface area contributed by atoms with Gasteiger partial charge in [-0.3, -0.25) is 0 Å². The molecular formula is C17H19F2NTi. The predicted octanol–water partition coefficient (Wildman–Crippen LogP) is 5.06. The molecule has 2 aromatic carbocycles. The Labute approximate surface area is 139 Å². The van der Waals surface area contributed by atoms with E-state index in [4.69, 9.17) is 0 Å². The first-order chi connectivity index (χ1) is 9.47. The Morgan fingerprint density at radius 1 is 1.00 bits per heavy atom. The van der Waals surface area contributed by atoms with Crippen molar-refractivity contribution in [2.75, 3.05) is 11.4 Å². The first-order valence-corrected chi connectivity index (χ1v) is 6.76. The summed E-state index contributed by atoms with van der Waals surface area (Å²) in [5.74, 6) is -0.730. The average Bonchev–Trinajstić information content (AvgIpc) is 2.37. The van der Waals surface area contributed by atoms with Crippen LogP contribution >= 0.6 is 0 Å². The van der Waals surface area contributed by atoms with Crippen LogP contribution in [0, 0.1) is 24.5 Å². The molecule has 0 aliphatic heterocycles. The molecule has 0 N–H and O–H groups in total. The minimum atomic E-state index is -0.556. The predicted molar refractivity (Wildman–Crippen MR) is 79.4 cm³/mol. The Morgan fingerprint density at radius 2 is 1.62 bits per heavy atom. The maximum atomic E-state index is 14.0. The molecule has 0 aliphatic rings. The van der Waals surface area contributed by atoms with Crippen molar-refractivity contribution < 1.29 is 30.5 Å². The third-order valence-electron chi connectivity index (χ3n) is 3.09. The van der Waals surface area contributed by atoms with E-state index in [0.29, 0.717) is 18.2 Å². The molecule has 0 atom stereocenters. The molecule has 2 aromatic rings. The van der Waals surface area contributed by atoms with Gasteiger partial charge in [0.05, 0.1) is 5.69 Å². The van der Waals surface area contributed by atoms with Crippen molar-refractivity contribution in [3.8, 4) is 0 Å². The Kier molecular flexibility index (Phi) is 6.57. The summed E-state index contributed by atoms with van der Waals surface area (Å²) in [6, 6.07) is 11.6. The Hall–Kier alpha value is -1.19. The van der Waals surface area contributed by atoms with Crippen LogP contribution in [0.5, 0.6) is 0 Å². The van der Waals surface area contributed by atoms with Crippen LogP contribution in [0.25, 0.3) is 0 Å². The second-order valence-electron chi connectivity index (χ2n) is 5.44. The Morgan fingerprint density at radius 3 is 2.14 bits per heavy atom. The first-order valence-electron chi connectivity index (χ1n) is 6.76. The summed E-state index contributed by atoms with van der Waals surface area (Å²) in [4.78, 5) is 1.89.